The van der Waals surface area contributed by atoms with Crippen molar-refractivity contribution >= 4 is 29.2 Å². The van der Waals surface area contributed by atoms with Crippen LogP contribution in [0.1, 0.15) is 31.6 Å². The molecule has 3 aromatic rings. The molecule has 3 heterocycles. The number of hydrogen-bond donors (Lipinski definition) is 2. The van der Waals surface area contributed by atoms with Crippen LogP contribution in [-0.4, -0.2) is 22.0 Å². The van der Waals surface area contributed by atoms with E-state index in [0.717, 1.165) is 4.88 Å². The second-order valence-electron chi connectivity index (χ2n) is 4.58. The summed E-state index contributed by atoms with van der Waals surface area (Å²) in [5.41, 5.74) is 0.178. The third kappa shape index (κ3) is 3.64. The van der Waals surface area contributed by atoms with Gasteiger partial charge in [0.25, 0.3) is 11.8 Å². The molecule has 0 unspecified atom stereocenters. The number of hydrogen-bond acceptors (Lipinski definition) is 7. The van der Waals surface area contributed by atoms with Crippen LogP contribution >= 0.6 is 11.3 Å². The summed E-state index contributed by atoms with van der Waals surface area (Å²) in [5.74, 6) is -0.412. The number of anilines is 1. The number of carbonyl (C=O) groups excluding carboxylic acids is 2. The van der Waals surface area contributed by atoms with E-state index in [1.165, 1.54) is 12.3 Å². The quantitative estimate of drug-likeness (QED) is 0.741. The van der Waals surface area contributed by atoms with E-state index >= 15 is 0 Å². The van der Waals surface area contributed by atoms with E-state index in [1.807, 2.05) is 17.5 Å². The number of aryl methyl sites for hydroxylation is 1. The summed E-state index contributed by atoms with van der Waals surface area (Å²) in [7, 11) is 0. The van der Waals surface area contributed by atoms with E-state index in [2.05, 4.69) is 20.8 Å². The summed E-state index contributed by atoms with van der Waals surface area (Å²) in [6, 6.07) is 5.21. The van der Waals surface area contributed by atoms with Crippen LogP contribution in [-0.2, 0) is 6.54 Å². The van der Waals surface area contributed by atoms with Gasteiger partial charge < -0.3 is 14.3 Å². The van der Waals surface area contributed by atoms with Crippen LogP contribution in [0.5, 0.6) is 0 Å². The summed E-state index contributed by atoms with van der Waals surface area (Å²) >= 11 is 1.54. The second kappa shape index (κ2) is 6.44. The van der Waals surface area contributed by atoms with Gasteiger partial charge in [-0.05, 0) is 18.4 Å². The molecule has 0 fully saturated rings. The van der Waals surface area contributed by atoms with Crippen LogP contribution in [0, 0.1) is 6.92 Å². The van der Waals surface area contributed by atoms with Crippen molar-refractivity contribution in [2.24, 2.45) is 0 Å². The predicted octanol–water partition coefficient (Wildman–Crippen LogP) is 2.21. The Morgan fingerprint density at radius 1 is 1.30 bits per heavy atom. The monoisotopic (exact) mass is 332 g/mol. The third-order valence-corrected chi connectivity index (χ3v) is 3.70. The number of thiophene rings is 1. The van der Waals surface area contributed by atoms with Crippen molar-refractivity contribution in [2.75, 3.05) is 5.32 Å². The molecule has 118 valence electrons. The predicted molar refractivity (Wildman–Crippen MR) is 81.2 cm³/mol. The largest absolute Gasteiger partial charge is 0.431 e. The van der Waals surface area contributed by atoms with Gasteiger partial charge >= 0.3 is 6.01 Å². The van der Waals surface area contributed by atoms with E-state index in [0.29, 0.717) is 12.3 Å². The van der Waals surface area contributed by atoms with Crippen LogP contribution in [0.4, 0.5) is 6.01 Å². The molecule has 0 atom stereocenters. The minimum atomic E-state index is -0.533. The molecule has 0 aliphatic carbocycles. The molecule has 0 spiro atoms. The highest BCUT2D eigenvalue weighted by Crippen LogP contribution is 2.11. The maximum absolute atomic E-state index is 11.9. The molecule has 0 bridgehead atoms. The van der Waals surface area contributed by atoms with Crippen molar-refractivity contribution in [3.8, 4) is 0 Å². The van der Waals surface area contributed by atoms with E-state index in [1.54, 1.807) is 18.3 Å². The summed E-state index contributed by atoms with van der Waals surface area (Å²) < 4.78 is 9.87. The molecule has 2 amide bonds. The first-order valence-corrected chi connectivity index (χ1v) is 7.50. The average Bonchev–Trinajstić information content (AvgIpc) is 3.26. The van der Waals surface area contributed by atoms with Crippen molar-refractivity contribution in [1.29, 1.82) is 0 Å². The molecule has 23 heavy (non-hydrogen) atoms. The van der Waals surface area contributed by atoms with E-state index in [-0.39, 0.29) is 23.3 Å². The minimum absolute atomic E-state index is 0.0770. The Kier molecular flexibility index (Phi) is 4.20. The first-order chi connectivity index (χ1) is 11.1. The van der Waals surface area contributed by atoms with E-state index in [9.17, 15) is 9.59 Å². The zero-order chi connectivity index (χ0) is 16.2. The Morgan fingerprint density at radius 3 is 2.87 bits per heavy atom. The van der Waals surface area contributed by atoms with Crippen LogP contribution in [0.2, 0.25) is 0 Å². The number of nitrogens with zero attached hydrogens (tertiary/aromatic N) is 2. The lowest BCUT2D eigenvalue weighted by Crippen LogP contribution is -2.22. The van der Waals surface area contributed by atoms with E-state index < -0.39 is 5.91 Å². The first kappa shape index (κ1) is 15.0. The number of carbonyl (C=O) groups is 2. The van der Waals surface area contributed by atoms with Crippen LogP contribution in [0.15, 0.2) is 38.8 Å². The molecule has 0 radical (unpaired) electrons. The van der Waals surface area contributed by atoms with Gasteiger partial charge in [0.1, 0.15) is 12.0 Å². The number of nitrogens with one attached hydrogen (secondary N) is 2. The van der Waals surface area contributed by atoms with Gasteiger partial charge in [0.15, 0.2) is 11.4 Å². The lowest BCUT2D eigenvalue weighted by molar-refractivity contribution is 0.0945. The Bertz CT molecular complexity index is 822. The highest BCUT2D eigenvalue weighted by molar-refractivity contribution is 7.09. The van der Waals surface area contributed by atoms with Gasteiger partial charge in [-0.15, -0.1) is 11.3 Å². The summed E-state index contributed by atoms with van der Waals surface area (Å²) in [6.07, 6.45) is 1.17. The Balaban J connectivity index is 1.59. The maximum atomic E-state index is 11.9. The van der Waals surface area contributed by atoms with Crippen LogP contribution in [0.25, 0.3) is 0 Å². The number of aromatic nitrogens is 2. The Hall–Kier alpha value is -2.94. The van der Waals surface area contributed by atoms with Crippen LogP contribution < -0.4 is 10.6 Å². The topological polar surface area (TPSA) is 110 Å². The lowest BCUT2D eigenvalue weighted by atomic mass is 10.3. The lowest BCUT2D eigenvalue weighted by Gasteiger charge is -1.99. The SMILES string of the molecule is Cc1cc(C(=O)Nc2nc(C(=O)NCc3cccs3)co2)no1. The molecular weight excluding hydrogens is 320 g/mol. The molecule has 0 aliphatic heterocycles. The highest BCUT2D eigenvalue weighted by atomic mass is 32.1. The van der Waals surface area contributed by atoms with Crippen molar-refractivity contribution in [3.63, 3.8) is 0 Å². The molecule has 0 saturated carbocycles. The molecule has 8 nitrogen and oxygen atoms in total. The fourth-order valence-corrected chi connectivity index (χ4v) is 2.39. The zero-order valence-corrected chi connectivity index (χ0v) is 12.8. The number of amides is 2. The zero-order valence-electron chi connectivity index (χ0n) is 12.0. The minimum Gasteiger partial charge on any atom is -0.431 e. The Morgan fingerprint density at radius 2 is 2.17 bits per heavy atom. The highest BCUT2D eigenvalue weighted by Gasteiger charge is 2.16. The molecule has 3 rings (SSSR count). The smallest absolute Gasteiger partial charge is 0.302 e. The fourth-order valence-electron chi connectivity index (χ4n) is 1.74. The first-order valence-electron chi connectivity index (χ1n) is 6.62. The number of oxazole rings is 1. The summed E-state index contributed by atoms with van der Waals surface area (Å²) in [6.45, 7) is 2.08. The van der Waals surface area contributed by atoms with Gasteiger partial charge in [-0.3, -0.25) is 14.9 Å². The second-order valence-corrected chi connectivity index (χ2v) is 5.61. The molecule has 0 aromatic carbocycles. The summed E-state index contributed by atoms with van der Waals surface area (Å²) in [4.78, 5) is 28.7. The van der Waals surface area contributed by atoms with Crippen LogP contribution in [0.3, 0.4) is 0 Å². The summed E-state index contributed by atoms with van der Waals surface area (Å²) in [5, 5.41) is 10.6. The van der Waals surface area contributed by atoms with Crippen molar-refractivity contribution in [2.45, 2.75) is 13.5 Å². The molecule has 0 aliphatic rings. The van der Waals surface area contributed by atoms with Crippen molar-refractivity contribution < 1.29 is 18.5 Å². The maximum Gasteiger partial charge on any atom is 0.302 e. The molecular formula is C14H12N4O4S. The molecule has 0 saturated heterocycles. The van der Waals surface area contributed by atoms with Gasteiger partial charge in [0, 0.05) is 10.9 Å². The number of rotatable bonds is 5. The van der Waals surface area contributed by atoms with Crippen molar-refractivity contribution in [1.82, 2.24) is 15.5 Å². The average molecular weight is 332 g/mol. The third-order valence-electron chi connectivity index (χ3n) is 2.82. The van der Waals surface area contributed by atoms with Gasteiger partial charge in [0.05, 0.1) is 6.54 Å². The molecule has 3 aromatic heterocycles. The normalized spacial score (nSPS) is 10.5. The van der Waals surface area contributed by atoms with Crippen molar-refractivity contribution in [3.05, 3.63) is 51.9 Å². The Labute approximate surface area is 134 Å². The standard InChI is InChI=1S/C14H12N4O4S/c1-8-5-10(18-22-8)13(20)17-14-16-11(7-21-14)12(19)15-6-9-3-2-4-23-9/h2-5,7H,6H2,1H3,(H,15,19)(H,16,17,20). The van der Waals surface area contributed by atoms with Gasteiger partial charge in [-0.1, -0.05) is 11.2 Å². The van der Waals surface area contributed by atoms with Gasteiger partial charge in [-0.25, -0.2) is 0 Å². The fraction of sp³-hybridized carbons (Fsp3) is 0.143. The molecule has 9 heteroatoms. The van der Waals surface area contributed by atoms with E-state index in [4.69, 9.17) is 8.94 Å². The molecule has 2 N–H and O–H groups in total. The van der Waals surface area contributed by atoms with Gasteiger partial charge in [-0.2, -0.15) is 4.98 Å². The van der Waals surface area contributed by atoms with Gasteiger partial charge in [0.2, 0.25) is 0 Å².